The van der Waals surface area contributed by atoms with Crippen LogP contribution in [0.15, 0.2) is 28.2 Å². The molecule has 2 aromatic heterocycles. The number of hydrogen-bond acceptors (Lipinski definition) is 4. The molecule has 0 aliphatic heterocycles. The fourth-order valence-electron chi connectivity index (χ4n) is 1.35. The van der Waals surface area contributed by atoms with Crippen molar-refractivity contribution in [1.82, 2.24) is 9.97 Å². The van der Waals surface area contributed by atoms with Gasteiger partial charge in [0, 0.05) is 17.6 Å². The molecule has 0 aromatic carbocycles. The predicted octanol–water partition coefficient (Wildman–Crippen LogP) is 3.26. The van der Waals surface area contributed by atoms with Crippen molar-refractivity contribution in [3.05, 3.63) is 38.9 Å². The van der Waals surface area contributed by atoms with Crippen LogP contribution in [-0.2, 0) is 6.42 Å². The first-order valence-corrected chi connectivity index (χ1v) is 6.63. The second-order valence-corrected chi connectivity index (χ2v) is 5.92. The minimum absolute atomic E-state index is 0.795. The maximum Gasteiger partial charge on any atom is 0.129 e. The Morgan fingerprint density at radius 2 is 2.25 bits per heavy atom. The van der Waals surface area contributed by atoms with Gasteiger partial charge in [-0.2, -0.15) is 0 Å². The van der Waals surface area contributed by atoms with Crippen LogP contribution in [0.3, 0.4) is 0 Å². The highest BCUT2D eigenvalue weighted by molar-refractivity contribution is 9.11. The lowest BCUT2D eigenvalue weighted by atomic mass is 10.3. The SMILES string of the molecule is Cc1nccc(NCCc2ccc(Br)s2)n1. The smallest absolute Gasteiger partial charge is 0.129 e. The van der Waals surface area contributed by atoms with Crippen LogP contribution in [0.25, 0.3) is 0 Å². The Labute approximate surface area is 107 Å². The van der Waals surface area contributed by atoms with Crippen molar-refractivity contribution in [2.45, 2.75) is 13.3 Å². The quantitative estimate of drug-likeness (QED) is 0.941. The molecular formula is C11H12BrN3S. The van der Waals surface area contributed by atoms with Gasteiger partial charge in [0.1, 0.15) is 11.6 Å². The minimum Gasteiger partial charge on any atom is -0.370 e. The van der Waals surface area contributed by atoms with Crippen LogP contribution in [0, 0.1) is 6.92 Å². The van der Waals surface area contributed by atoms with Gasteiger partial charge in [-0.1, -0.05) is 0 Å². The molecule has 2 aromatic rings. The first kappa shape index (κ1) is 11.5. The molecule has 2 heterocycles. The number of hydrogen-bond donors (Lipinski definition) is 1. The van der Waals surface area contributed by atoms with Gasteiger partial charge in [0.15, 0.2) is 0 Å². The summed E-state index contributed by atoms with van der Waals surface area (Å²) in [5, 5.41) is 3.28. The number of halogens is 1. The van der Waals surface area contributed by atoms with Crippen molar-refractivity contribution >= 4 is 33.1 Å². The second-order valence-electron chi connectivity index (χ2n) is 3.37. The Morgan fingerprint density at radius 1 is 1.38 bits per heavy atom. The predicted molar refractivity (Wildman–Crippen MR) is 71.0 cm³/mol. The van der Waals surface area contributed by atoms with Crippen LogP contribution in [0.1, 0.15) is 10.7 Å². The molecule has 2 rings (SSSR count). The number of anilines is 1. The Balaban J connectivity index is 1.84. The lowest BCUT2D eigenvalue weighted by molar-refractivity contribution is 0.993. The molecule has 0 spiro atoms. The van der Waals surface area contributed by atoms with E-state index in [2.05, 4.69) is 43.3 Å². The van der Waals surface area contributed by atoms with E-state index in [4.69, 9.17) is 0 Å². The van der Waals surface area contributed by atoms with Gasteiger partial charge >= 0.3 is 0 Å². The van der Waals surface area contributed by atoms with Gasteiger partial charge in [0.2, 0.25) is 0 Å². The molecule has 1 N–H and O–H groups in total. The molecule has 0 aliphatic carbocycles. The molecule has 0 saturated heterocycles. The second kappa shape index (κ2) is 5.41. The third kappa shape index (κ3) is 3.28. The molecule has 16 heavy (non-hydrogen) atoms. The average Bonchev–Trinajstić information content (AvgIpc) is 2.64. The van der Waals surface area contributed by atoms with E-state index in [1.165, 1.54) is 8.66 Å². The van der Waals surface area contributed by atoms with Crippen LogP contribution in [0.2, 0.25) is 0 Å². The number of thiophene rings is 1. The molecule has 0 atom stereocenters. The molecular weight excluding hydrogens is 286 g/mol. The monoisotopic (exact) mass is 297 g/mol. The van der Waals surface area contributed by atoms with Crippen molar-refractivity contribution in [3.8, 4) is 0 Å². The van der Waals surface area contributed by atoms with Crippen LogP contribution >= 0.6 is 27.3 Å². The van der Waals surface area contributed by atoms with Crippen molar-refractivity contribution in [2.75, 3.05) is 11.9 Å². The minimum atomic E-state index is 0.795. The van der Waals surface area contributed by atoms with Crippen molar-refractivity contribution < 1.29 is 0 Å². The summed E-state index contributed by atoms with van der Waals surface area (Å²) in [5.41, 5.74) is 0. The molecule has 0 saturated carbocycles. The van der Waals surface area contributed by atoms with Crippen molar-refractivity contribution in [1.29, 1.82) is 0 Å². The molecule has 0 amide bonds. The normalized spacial score (nSPS) is 10.4. The van der Waals surface area contributed by atoms with Gasteiger partial charge < -0.3 is 5.32 Å². The summed E-state index contributed by atoms with van der Waals surface area (Å²) in [7, 11) is 0. The fraction of sp³-hybridized carbons (Fsp3) is 0.273. The lowest BCUT2D eigenvalue weighted by Crippen LogP contribution is -2.06. The third-order valence-corrected chi connectivity index (χ3v) is 3.77. The summed E-state index contributed by atoms with van der Waals surface area (Å²) >= 11 is 5.23. The van der Waals surface area contributed by atoms with E-state index in [-0.39, 0.29) is 0 Å². The highest BCUT2D eigenvalue weighted by Gasteiger charge is 1.98. The zero-order valence-corrected chi connectivity index (χ0v) is 11.3. The van der Waals surface area contributed by atoms with E-state index in [1.54, 1.807) is 17.5 Å². The Hall–Kier alpha value is -0.940. The number of aryl methyl sites for hydroxylation is 1. The fourth-order valence-corrected chi connectivity index (χ4v) is 2.84. The number of aromatic nitrogens is 2. The molecule has 0 radical (unpaired) electrons. The van der Waals surface area contributed by atoms with Crippen LogP contribution in [-0.4, -0.2) is 16.5 Å². The van der Waals surface area contributed by atoms with Crippen LogP contribution in [0.5, 0.6) is 0 Å². The van der Waals surface area contributed by atoms with Gasteiger partial charge in [0.05, 0.1) is 3.79 Å². The molecule has 0 bridgehead atoms. The first-order valence-electron chi connectivity index (χ1n) is 5.02. The van der Waals surface area contributed by atoms with Gasteiger partial charge in [-0.3, -0.25) is 0 Å². The molecule has 0 unspecified atom stereocenters. The highest BCUT2D eigenvalue weighted by atomic mass is 79.9. The van der Waals surface area contributed by atoms with Crippen LogP contribution in [0.4, 0.5) is 5.82 Å². The van der Waals surface area contributed by atoms with Crippen LogP contribution < -0.4 is 5.32 Å². The van der Waals surface area contributed by atoms with Gasteiger partial charge in [-0.25, -0.2) is 9.97 Å². The Bertz CT molecular complexity index is 470. The number of rotatable bonds is 4. The Kier molecular flexibility index (Phi) is 3.90. The maximum absolute atomic E-state index is 4.28. The van der Waals surface area contributed by atoms with Gasteiger partial charge in [-0.15, -0.1) is 11.3 Å². The molecule has 0 aliphatic rings. The molecule has 5 heteroatoms. The highest BCUT2D eigenvalue weighted by Crippen LogP contribution is 2.22. The molecule has 3 nitrogen and oxygen atoms in total. The van der Waals surface area contributed by atoms with E-state index in [0.717, 1.165) is 24.6 Å². The first-order chi connectivity index (χ1) is 7.74. The summed E-state index contributed by atoms with van der Waals surface area (Å²) in [4.78, 5) is 9.70. The summed E-state index contributed by atoms with van der Waals surface area (Å²) in [6.45, 7) is 2.78. The average molecular weight is 298 g/mol. The Morgan fingerprint density at radius 3 is 2.94 bits per heavy atom. The molecule has 0 fully saturated rings. The lowest BCUT2D eigenvalue weighted by Gasteiger charge is -2.04. The third-order valence-electron chi connectivity index (χ3n) is 2.08. The van der Waals surface area contributed by atoms with E-state index < -0.39 is 0 Å². The molecule has 84 valence electrons. The summed E-state index contributed by atoms with van der Waals surface area (Å²) < 4.78 is 1.18. The largest absolute Gasteiger partial charge is 0.370 e. The summed E-state index contributed by atoms with van der Waals surface area (Å²) in [5.74, 6) is 1.69. The van der Waals surface area contributed by atoms with Crippen molar-refractivity contribution in [2.24, 2.45) is 0 Å². The zero-order valence-electron chi connectivity index (χ0n) is 8.90. The van der Waals surface area contributed by atoms with E-state index >= 15 is 0 Å². The van der Waals surface area contributed by atoms with Gasteiger partial charge in [-0.05, 0) is 47.5 Å². The van der Waals surface area contributed by atoms with E-state index in [9.17, 15) is 0 Å². The van der Waals surface area contributed by atoms with Gasteiger partial charge in [0.25, 0.3) is 0 Å². The van der Waals surface area contributed by atoms with E-state index in [1.807, 2.05) is 13.0 Å². The number of nitrogens with zero attached hydrogens (tertiary/aromatic N) is 2. The summed E-state index contributed by atoms with van der Waals surface area (Å²) in [6, 6.07) is 6.10. The zero-order chi connectivity index (χ0) is 11.4. The van der Waals surface area contributed by atoms with E-state index in [0.29, 0.717) is 0 Å². The summed E-state index contributed by atoms with van der Waals surface area (Å²) in [6.07, 6.45) is 2.78. The standard InChI is InChI=1S/C11H12BrN3S/c1-8-13-7-5-11(15-8)14-6-4-9-2-3-10(12)16-9/h2-3,5,7H,4,6H2,1H3,(H,13,14,15). The maximum atomic E-state index is 4.28. The van der Waals surface area contributed by atoms with Crippen molar-refractivity contribution in [3.63, 3.8) is 0 Å². The topological polar surface area (TPSA) is 37.8 Å². The number of nitrogens with one attached hydrogen (secondary N) is 1.